The number of aliphatic hydroxyl groups excluding tert-OH is 1. The van der Waals surface area contributed by atoms with Crippen molar-refractivity contribution in [1.29, 1.82) is 0 Å². The second-order valence-corrected chi connectivity index (χ2v) is 2.62. The minimum Gasteiger partial charge on any atom is -0.388 e. The van der Waals surface area contributed by atoms with Gasteiger partial charge in [-0.15, -0.1) is 0 Å². The average molecular weight is 172 g/mol. The maximum absolute atomic E-state index is 12.5. The molecule has 0 fully saturated rings. The fraction of sp³-hybridized carbons (Fsp3) is 0.250. The third-order valence-corrected chi connectivity index (χ3v) is 1.75. The predicted octanol–water partition coefficient (Wildman–Crippen LogP) is 1.79. The molecular formula is C8H9FOS. The fourth-order valence-electron chi connectivity index (χ4n) is 0.819. The van der Waals surface area contributed by atoms with Crippen LogP contribution in [0.5, 0.6) is 0 Å². The van der Waals surface area contributed by atoms with Gasteiger partial charge in [-0.2, -0.15) is 12.6 Å². The minimum atomic E-state index is -0.672. The van der Waals surface area contributed by atoms with Crippen molar-refractivity contribution in [2.45, 2.75) is 6.10 Å². The third kappa shape index (κ3) is 2.20. The molecule has 0 bridgehead atoms. The molecule has 3 heteroatoms. The molecule has 0 saturated carbocycles. The molecule has 60 valence electrons. The van der Waals surface area contributed by atoms with Crippen LogP contribution in [0.25, 0.3) is 0 Å². The fourth-order valence-corrected chi connectivity index (χ4v) is 1.03. The standard InChI is InChI=1S/C8H9FOS/c9-7-3-1-2-6(4-7)8(10)5-11/h1-4,8,10-11H,5H2. The molecule has 0 saturated heterocycles. The molecule has 0 radical (unpaired) electrons. The molecule has 0 heterocycles. The first-order valence-electron chi connectivity index (χ1n) is 3.28. The molecule has 0 aliphatic heterocycles. The van der Waals surface area contributed by atoms with Crippen LogP contribution in [-0.4, -0.2) is 10.9 Å². The van der Waals surface area contributed by atoms with E-state index in [0.29, 0.717) is 11.3 Å². The summed E-state index contributed by atoms with van der Waals surface area (Å²) >= 11 is 3.89. The van der Waals surface area contributed by atoms with Gasteiger partial charge in [0, 0.05) is 5.75 Å². The molecule has 1 aromatic carbocycles. The zero-order valence-corrected chi connectivity index (χ0v) is 6.76. The SMILES string of the molecule is OC(CS)c1cccc(F)c1. The van der Waals surface area contributed by atoms with Gasteiger partial charge in [0.1, 0.15) is 5.82 Å². The van der Waals surface area contributed by atoms with E-state index in [1.807, 2.05) is 0 Å². The van der Waals surface area contributed by atoms with E-state index in [2.05, 4.69) is 12.6 Å². The number of hydrogen-bond acceptors (Lipinski definition) is 2. The maximum Gasteiger partial charge on any atom is 0.123 e. The highest BCUT2D eigenvalue weighted by Crippen LogP contribution is 2.14. The lowest BCUT2D eigenvalue weighted by molar-refractivity contribution is 0.204. The van der Waals surface area contributed by atoms with Crippen molar-refractivity contribution in [1.82, 2.24) is 0 Å². The molecule has 0 amide bonds. The lowest BCUT2D eigenvalue weighted by Crippen LogP contribution is -1.98. The van der Waals surface area contributed by atoms with E-state index in [9.17, 15) is 9.50 Å². The average Bonchev–Trinajstić information content (AvgIpc) is 2.03. The van der Waals surface area contributed by atoms with E-state index in [1.54, 1.807) is 12.1 Å². The lowest BCUT2D eigenvalue weighted by Gasteiger charge is -2.06. The minimum absolute atomic E-state index is 0.309. The molecule has 1 N–H and O–H groups in total. The molecule has 11 heavy (non-hydrogen) atoms. The Kier molecular flexibility index (Phi) is 2.91. The molecule has 1 nitrogen and oxygen atoms in total. The molecule has 0 aromatic heterocycles. The smallest absolute Gasteiger partial charge is 0.123 e. The van der Waals surface area contributed by atoms with Gasteiger partial charge in [0.2, 0.25) is 0 Å². The second kappa shape index (κ2) is 3.74. The Labute approximate surface area is 70.3 Å². The van der Waals surface area contributed by atoms with Crippen LogP contribution in [0.2, 0.25) is 0 Å². The number of halogens is 1. The molecule has 1 aromatic rings. The lowest BCUT2D eigenvalue weighted by atomic mass is 10.1. The summed E-state index contributed by atoms with van der Waals surface area (Å²) in [4.78, 5) is 0. The second-order valence-electron chi connectivity index (χ2n) is 2.25. The Balaban J connectivity index is 2.86. The number of hydrogen-bond donors (Lipinski definition) is 2. The number of rotatable bonds is 2. The van der Waals surface area contributed by atoms with Gasteiger partial charge in [-0.3, -0.25) is 0 Å². The normalized spacial score (nSPS) is 13.0. The van der Waals surface area contributed by atoms with E-state index in [4.69, 9.17) is 0 Å². The van der Waals surface area contributed by atoms with Crippen molar-refractivity contribution in [3.8, 4) is 0 Å². The van der Waals surface area contributed by atoms with Crippen molar-refractivity contribution in [2.24, 2.45) is 0 Å². The van der Waals surface area contributed by atoms with E-state index < -0.39 is 6.10 Å². The van der Waals surface area contributed by atoms with Gasteiger partial charge in [-0.1, -0.05) is 12.1 Å². The van der Waals surface area contributed by atoms with Crippen LogP contribution in [0.1, 0.15) is 11.7 Å². The van der Waals surface area contributed by atoms with Crippen molar-refractivity contribution in [3.63, 3.8) is 0 Å². The summed E-state index contributed by atoms with van der Waals surface area (Å²) in [6, 6.07) is 5.89. The van der Waals surface area contributed by atoms with Crippen LogP contribution in [0.15, 0.2) is 24.3 Å². The van der Waals surface area contributed by atoms with Crippen molar-refractivity contribution in [2.75, 3.05) is 5.75 Å². The molecule has 0 aliphatic rings. The summed E-state index contributed by atoms with van der Waals surface area (Å²) in [5.41, 5.74) is 0.569. The highest BCUT2D eigenvalue weighted by molar-refractivity contribution is 7.80. The number of benzene rings is 1. The molecule has 0 spiro atoms. The zero-order chi connectivity index (χ0) is 8.27. The highest BCUT2D eigenvalue weighted by Gasteiger charge is 2.04. The van der Waals surface area contributed by atoms with Gasteiger partial charge >= 0.3 is 0 Å². The molecule has 1 unspecified atom stereocenters. The van der Waals surface area contributed by atoms with E-state index in [-0.39, 0.29) is 5.82 Å². The quantitative estimate of drug-likeness (QED) is 0.652. The van der Waals surface area contributed by atoms with Gasteiger partial charge < -0.3 is 5.11 Å². The molecule has 1 atom stereocenters. The monoisotopic (exact) mass is 172 g/mol. The molecule has 0 aliphatic carbocycles. The van der Waals surface area contributed by atoms with Crippen LogP contribution in [0.4, 0.5) is 4.39 Å². The van der Waals surface area contributed by atoms with E-state index in [1.165, 1.54) is 12.1 Å². The zero-order valence-electron chi connectivity index (χ0n) is 5.87. The van der Waals surface area contributed by atoms with Gasteiger partial charge in [0.15, 0.2) is 0 Å². The van der Waals surface area contributed by atoms with Gasteiger partial charge in [0.05, 0.1) is 6.10 Å². The van der Waals surface area contributed by atoms with Crippen LogP contribution in [-0.2, 0) is 0 Å². The Morgan fingerprint density at radius 3 is 2.82 bits per heavy atom. The van der Waals surface area contributed by atoms with Crippen LogP contribution in [0, 0.1) is 5.82 Å². The maximum atomic E-state index is 12.5. The van der Waals surface area contributed by atoms with Crippen molar-refractivity contribution >= 4 is 12.6 Å². The number of aliphatic hydroxyl groups is 1. The van der Waals surface area contributed by atoms with Crippen molar-refractivity contribution < 1.29 is 9.50 Å². The Morgan fingerprint density at radius 1 is 1.55 bits per heavy atom. The number of thiol groups is 1. The van der Waals surface area contributed by atoms with Gasteiger partial charge in [-0.05, 0) is 17.7 Å². The predicted molar refractivity (Wildman–Crippen MR) is 45.2 cm³/mol. The third-order valence-electron chi connectivity index (χ3n) is 1.41. The summed E-state index contributed by atoms with van der Waals surface area (Å²) in [6.45, 7) is 0. The summed E-state index contributed by atoms with van der Waals surface area (Å²) in [6.07, 6.45) is -0.672. The van der Waals surface area contributed by atoms with Crippen LogP contribution < -0.4 is 0 Å². The largest absolute Gasteiger partial charge is 0.388 e. The topological polar surface area (TPSA) is 20.2 Å². The van der Waals surface area contributed by atoms with Crippen LogP contribution >= 0.6 is 12.6 Å². The summed E-state index contributed by atoms with van der Waals surface area (Å²) in [5.74, 6) is -0.0213. The summed E-state index contributed by atoms with van der Waals surface area (Å²) in [5, 5.41) is 9.21. The molecule has 1 rings (SSSR count). The Bertz CT molecular complexity index is 239. The first-order valence-corrected chi connectivity index (χ1v) is 3.91. The Hall–Kier alpha value is -0.540. The first kappa shape index (κ1) is 8.56. The highest BCUT2D eigenvalue weighted by atomic mass is 32.1. The van der Waals surface area contributed by atoms with Crippen LogP contribution in [0.3, 0.4) is 0 Å². The summed E-state index contributed by atoms with van der Waals surface area (Å²) in [7, 11) is 0. The van der Waals surface area contributed by atoms with Gasteiger partial charge in [0.25, 0.3) is 0 Å². The van der Waals surface area contributed by atoms with E-state index >= 15 is 0 Å². The van der Waals surface area contributed by atoms with E-state index in [0.717, 1.165) is 0 Å². The van der Waals surface area contributed by atoms with Crippen molar-refractivity contribution in [3.05, 3.63) is 35.6 Å². The van der Waals surface area contributed by atoms with Gasteiger partial charge in [-0.25, -0.2) is 4.39 Å². The molecular weight excluding hydrogens is 163 g/mol. The first-order chi connectivity index (χ1) is 5.24. The Morgan fingerprint density at radius 2 is 2.27 bits per heavy atom. The summed E-state index contributed by atoms with van der Waals surface area (Å²) < 4.78 is 12.5.